The Balaban J connectivity index is 2.31. The average Bonchev–Trinajstić information content (AvgIpc) is 2.40. The predicted molar refractivity (Wildman–Crippen MR) is 75.5 cm³/mol. The van der Waals surface area contributed by atoms with Crippen molar-refractivity contribution in [1.29, 1.82) is 0 Å². The van der Waals surface area contributed by atoms with E-state index < -0.39 is 12.0 Å². The highest BCUT2D eigenvalue weighted by Crippen LogP contribution is 2.26. The minimum absolute atomic E-state index is 0.321. The van der Waals surface area contributed by atoms with Crippen molar-refractivity contribution in [2.45, 2.75) is 25.3 Å². The molecule has 102 valence electrons. The van der Waals surface area contributed by atoms with Crippen molar-refractivity contribution in [1.82, 2.24) is 4.90 Å². The molecule has 19 heavy (non-hydrogen) atoms. The van der Waals surface area contributed by atoms with Gasteiger partial charge in [-0.25, -0.2) is 4.79 Å². The molecule has 0 spiro atoms. The van der Waals surface area contributed by atoms with Crippen LogP contribution in [0.15, 0.2) is 22.7 Å². The summed E-state index contributed by atoms with van der Waals surface area (Å²) in [5.74, 6) is -1.28. The van der Waals surface area contributed by atoms with E-state index in [4.69, 9.17) is 11.6 Å². The Hall–Kier alpha value is -1.07. The van der Waals surface area contributed by atoms with Crippen LogP contribution < -0.4 is 0 Å². The standard InChI is InChI=1S/C13H13BrClNO3/c14-8-4-5-10(15)9(7-8)12(17)16-6-2-1-3-11(16)13(18)19/h4-5,7,11H,1-3,6H2,(H,18,19)/t11-/m1/s1. The minimum atomic E-state index is -0.959. The first-order valence-electron chi connectivity index (χ1n) is 5.99. The molecule has 1 aliphatic heterocycles. The number of hydrogen-bond acceptors (Lipinski definition) is 2. The number of carboxylic acids is 1. The number of aliphatic carboxylic acids is 1. The van der Waals surface area contributed by atoms with Crippen molar-refractivity contribution in [2.75, 3.05) is 6.54 Å². The molecule has 1 atom stereocenters. The molecule has 1 aliphatic rings. The largest absolute Gasteiger partial charge is 0.480 e. The zero-order chi connectivity index (χ0) is 14.0. The number of likely N-dealkylation sites (tertiary alicyclic amines) is 1. The lowest BCUT2D eigenvalue weighted by Gasteiger charge is -2.33. The van der Waals surface area contributed by atoms with Gasteiger partial charge in [-0.1, -0.05) is 27.5 Å². The number of carbonyl (C=O) groups is 2. The summed E-state index contributed by atoms with van der Waals surface area (Å²) in [5.41, 5.74) is 0.337. The summed E-state index contributed by atoms with van der Waals surface area (Å²) in [6.07, 6.45) is 2.14. The number of carbonyl (C=O) groups excluding carboxylic acids is 1. The van der Waals surface area contributed by atoms with Crippen LogP contribution in [0.4, 0.5) is 0 Å². The Kier molecular flexibility index (Phi) is 4.47. The van der Waals surface area contributed by atoms with Gasteiger partial charge in [-0.2, -0.15) is 0 Å². The highest BCUT2D eigenvalue weighted by molar-refractivity contribution is 9.10. The molecule has 6 heteroatoms. The van der Waals surface area contributed by atoms with Crippen LogP contribution in [0.25, 0.3) is 0 Å². The van der Waals surface area contributed by atoms with Crippen LogP contribution in [0.3, 0.4) is 0 Å². The summed E-state index contributed by atoms with van der Waals surface area (Å²) < 4.78 is 0.740. The maximum atomic E-state index is 12.4. The van der Waals surface area contributed by atoms with Gasteiger partial charge in [0.15, 0.2) is 0 Å². The van der Waals surface area contributed by atoms with Gasteiger partial charge in [0.05, 0.1) is 10.6 Å². The van der Waals surface area contributed by atoms with Gasteiger partial charge in [0, 0.05) is 11.0 Å². The first kappa shape index (κ1) is 14.3. The van der Waals surface area contributed by atoms with Gasteiger partial charge in [0.2, 0.25) is 0 Å². The second kappa shape index (κ2) is 5.92. The fourth-order valence-corrected chi connectivity index (χ4v) is 2.81. The van der Waals surface area contributed by atoms with Crippen molar-refractivity contribution >= 4 is 39.4 Å². The lowest BCUT2D eigenvalue weighted by atomic mass is 10.0. The molecule has 1 fully saturated rings. The molecule has 1 aromatic rings. The van der Waals surface area contributed by atoms with Gasteiger partial charge in [-0.15, -0.1) is 0 Å². The third-order valence-electron chi connectivity index (χ3n) is 3.21. The zero-order valence-corrected chi connectivity index (χ0v) is 12.4. The lowest BCUT2D eigenvalue weighted by Crippen LogP contribution is -2.48. The van der Waals surface area contributed by atoms with E-state index >= 15 is 0 Å². The van der Waals surface area contributed by atoms with Crippen LogP contribution in [0.5, 0.6) is 0 Å². The quantitative estimate of drug-likeness (QED) is 0.895. The molecule has 2 rings (SSSR count). The van der Waals surface area contributed by atoms with Gasteiger partial charge in [0.1, 0.15) is 6.04 Å². The van der Waals surface area contributed by atoms with E-state index in [1.54, 1.807) is 18.2 Å². The summed E-state index contributed by atoms with van der Waals surface area (Å²) in [4.78, 5) is 25.1. The van der Waals surface area contributed by atoms with E-state index in [1.807, 2.05) is 0 Å². The molecule has 1 aromatic carbocycles. The van der Waals surface area contributed by atoms with Crippen molar-refractivity contribution in [2.24, 2.45) is 0 Å². The van der Waals surface area contributed by atoms with Crippen LogP contribution in [-0.4, -0.2) is 34.5 Å². The zero-order valence-electron chi connectivity index (χ0n) is 10.1. The maximum Gasteiger partial charge on any atom is 0.326 e. The van der Waals surface area contributed by atoms with Crippen LogP contribution in [0, 0.1) is 0 Å². The number of nitrogens with zero attached hydrogens (tertiary/aromatic N) is 1. The Bertz CT molecular complexity index is 521. The van der Waals surface area contributed by atoms with Crippen LogP contribution >= 0.6 is 27.5 Å². The number of amides is 1. The summed E-state index contributed by atoms with van der Waals surface area (Å²) in [6, 6.07) is 4.23. The highest BCUT2D eigenvalue weighted by atomic mass is 79.9. The highest BCUT2D eigenvalue weighted by Gasteiger charge is 2.33. The fraction of sp³-hybridized carbons (Fsp3) is 0.385. The van der Waals surface area contributed by atoms with Crippen molar-refractivity contribution in [3.8, 4) is 0 Å². The number of halogens is 2. The Morgan fingerprint density at radius 2 is 2.11 bits per heavy atom. The minimum Gasteiger partial charge on any atom is -0.480 e. The molecule has 0 radical (unpaired) electrons. The second-order valence-corrected chi connectivity index (χ2v) is 5.80. The van der Waals surface area contributed by atoms with Crippen LogP contribution in [0.1, 0.15) is 29.6 Å². The molecular formula is C13H13BrClNO3. The third-order valence-corrected chi connectivity index (χ3v) is 4.03. The molecule has 4 nitrogen and oxygen atoms in total. The van der Waals surface area contributed by atoms with Gasteiger partial charge >= 0.3 is 5.97 Å². The number of hydrogen-bond donors (Lipinski definition) is 1. The number of piperidine rings is 1. The SMILES string of the molecule is O=C(O)[C@H]1CCCCN1C(=O)c1cc(Br)ccc1Cl. The monoisotopic (exact) mass is 345 g/mol. The van der Waals surface area contributed by atoms with E-state index in [-0.39, 0.29) is 5.91 Å². The van der Waals surface area contributed by atoms with Gasteiger partial charge < -0.3 is 10.0 Å². The molecule has 0 unspecified atom stereocenters. The summed E-state index contributed by atoms with van der Waals surface area (Å²) >= 11 is 9.31. The lowest BCUT2D eigenvalue weighted by molar-refractivity contribution is -0.143. The fourth-order valence-electron chi connectivity index (χ4n) is 2.25. The van der Waals surface area contributed by atoms with Crippen molar-refractivity contribution in [3.63, 3.8) is 0 Å². The molecule has 0 saturated carbocycles. The molecular weight excluding hydrogens is 334 g/mol. The first-order chi connectivity index (χ1) is 9.00. The average molecular weight is 347 g/mol. The Morgan fingerprint density at radius 3 is 2.79 bits per heavy atom. The topological polar surface area (TPSA) is 57.6 Å². The molecule has 1 heterocycles. The summed E-state index contributed by atoms with van der Waals surface area (Å²) in [5, 5.41) is 9.53. The van der Waals surface area contributed by atoms with Crippen LogP contribution in [0.2, 0.25) is 5.02 Å². The van der Waals surface area contributed by atoms with Gasteiger partial charge in [0.25, 0.3) is 5.91 Å². The molecule has 0 aliphatic carbocycles. The van der Waals surface area contributed by atoms with Crippen LogP contribution in [-0.2, 0) is 4.79 Å². The van der Waals surface area contributed by atoms with Gasteiger partial charge in [-0.05, 0) is 37.5 Å². The van der Waals surface area contributed by atoms with E-state index in [0.29, 0.717) is 23.6 Å². The molecule has 1 saturated heterocycles. The summed E-state index contributed by atoms with van der Waals surface area (Å²) in [7, 11) is 0. The third kappa shape index (κ3) is 3.09. The molecule has 1 N–H and O–H groups in total. The Morgan fingerprint density at radius 1 is 1.37 bits per heavy atom. The van der Waals surface area contributed by atoms with Crippen molar-refractivity contribution < 1.29 is 14.7 Å². The molecule has 1 amide bonds. The Labute approximate surface area is 124 Å². The normalized spacial score (nSPS) is 19.3. The predicted octanol–water partition coefficient (Wildman–Crippen LogP) is 3.18. The maximum absolute atomic E-state index is 12.4. The molecule has 0 aromatic heterocycles. The van der Waals surface area contributed by atoms with Crippen molar-refractivity contribution in [3.05, 3.63) is 33.3 Å². The van der Waals surface area contributed by atoms with E-state index in [9.17, 15) is 14.7 Å². The molecule has 0 bridgehead atoms. The van der Waals surface area contributed by atoms with Gasteiger partial charge in [-0.3, -0.25) is 4.79 Å². The van der Waals surface area contributed by atoms with E-state index in [1.165, 1.54) is 4.90 Å². The number of rotatable bonds is 2. The summed E-state index contributed by atoms with van der Waals surface area (Å²) in [6.45, 7) is 0.457. The smallest absolute Gasteiger partial charge is 0.326 e. The number of benzene rings is 1. The van der Waals surface area contributed by atoms with E-state index in [2.05, 4.69) is 15.9 Å². The first-order valence-corrected chi connectivity index (χ1v) is 7.16. The number of carboxylic acid groups (broad SMARTS) is 1. The van der Waals surface area contributed by atoms with E-state index in [0.717, 1.165) is 17.3 Å². The second-order valence-electron chi connectivity index (χ2n) is 4.47.